The lowest BCUT2D eigenvalue weighted by atomic mass is 10.2. The third-order valence-electron chi connectivity index (χ3n) is 1.58. The van der Waals surface area contributed by atoms with E-state index in [4.69, 9.17) is 5.73 Å². The van der Waals surface area contributed by atoms with Crippen LogP contribution in [0.4, 0.5) is 17.6 Å². The largest absolute Gasteiger partial charge is 0.573 e. The molecule has 0 saturated carbocycles. The first-order valence-corrected chi connectivity index (χ1v) is 4.82. The van der Waals surface area contributed by atoms with E-state index in [0.29, 0.717) is 6.07 Å². The van der Waals surface area contributed by atoms with E-state index in [1.807, 2.05) is 0 Å². The van der Waals surface area contributed by atoms with E-state index in [2.05, 4.69) is 27.5 Å². The van der Waals surface area contributed by atoms with E-state index in [1.54, 1.807) is 0 Å². The van der Waals surface area contributed by atoms with Gasteiger partial charge in [0.25, 0.3) is 0 Å². The molecular weight excluding hydrogens is 274 g/mol. The number of nitrogens with two attached hydrogens (primary N) is 1. The highest BCUT2D eigenvalue weighted by Gasteiger charge is 2.32. The Hall–Kier alpha value is -1.90. The van der Waals surface area contributed by atoms with Gasteiger partial charge in [0.05, 0.1) is 6.21 Å². The number of ether oxygens (including phenoxy) is 1. The molecule has 0 aliphatic rings. The summed E-state index contributed by atoms with van der Waals surface area (Å²) in [6.07, 6.45) is -3.95. The van der Waals surface area contributed by atoms with E-state index in [-0.39, 0.29) is 10.7 Å². The fourth-order valence-electron chi connectivity index (χ4n) is 0.993. The number of alkyl halides is 3. The molecule has 98 valence electrons. The van der Waals surface area contributed by atoms with Crippen LogP contribution in [0.25, 0.3) is 0 Å². The second kappa shape index (κ2) is 5.63. The molecular formula is C9H7F4N3OS. The number of halogens is 4. The normalized spacial score (nSPS) is 11.6. The topological polar surface area (TPSA) is 59.6 Å². The zero-order valence-corrected chi connectivity index (χ0v) is 9.48. The van der Waals surface area contributed by atoms with Gasteiger partial charge in [-0.15, -0.1) is 13.2 Å². The molecule has 3 N–H and O–H groups in total. The Morgan fingerprint density at radius 2 is 2.11 bits per heavy atom. The maximum Gasteiger partial charge on any atom is 0.573 e. The van der Waals surface area contributed by atoms with Crippen molar-refractivity contribution in [2.24, 2.45) is 10.8 Å². The smallest absolute Gasteiger partial charge is 0.405 e. The highest BCUT2D eigenvalue weighted by Crippen LogP contribution is 2.26. The molecule has 1 rings (SSSR count). The first-order valence-electron chi connectivity index (χ1n) is 4.42. The summed E-state index contributed by atoms with van der Waals surface area (Å²) in [5.41, 5.74) is 7.12. The Bertz CT molecular complexity index is 475. The number of nitrogens with zero attached hydrogens (tertiary/aromatic N) is 1. The lowest BCUT2D eigenvalue weighted by molar-refractivity contribution is -0.274. The molecule has 9 heteroatoms. The van der Waals surface area contributed by atoms with Crippen LogP contribution >= 0.6 is 12.2 Å². The molecule has 0 unspecified atom stereocenters. The molecule has 1 aromatic rings. The maximum absolute atomic E-state index is 12.8. The van der Waals surface area contributed by atoms with Crippen molar-refractivity contribution in [2.75, 3.05) is 0 Å². The summed E-state index contributed by atoms with van der Waals surface area (Å²) in [6, 6.07) is 2.63. The van der Waals surface area contributed by atoms with E-state index in [0.717, 1.165) is 18.3 Å². The van der Waals surface area contributed by atoms with Crippen molar-refractivity contribution in [1.29, 1.82) is 0 Å². The van der Waals surface area contributed by atoms with E-state index < -0.39 is 17.9 Å². The minimum Gasteiger partial charge on any atom is -0.405 e. The zero-order valence-electron chi connectivity index (χ0n) is 8.66. The molecule has 0 aromatic heterocycles. The van der Waals surface area contributed by atoms with Crippen molar-refractivity contribution < 1.29 is 22.3 Å². The van der Waals surface area contributed by atoms with Crippen molar-refractivity contribution in [3.63, 3.8) is 0 Å². The molecule has 0 spiro atoms. The molecule has 0 saturated heterocycles. The van der Waals surface area contributed by atoms with Gasteiger partial charge in [-0.25, -0.2) is 4.39 Å². The highest BCUT2D eigenvalue weighted by molar-refractivity contribution is 7.80. The number of benzene rings is 1. The van der Waals surface area contributed by atoms with Gasteiger partial charge in [-0.2, -0.15) is 5.10 Å². The van der Waals surface area contributed by atoms with Gasteiger partial charge >= 0.3 is 6.36 Å². The van der Waals surface area contributed by atoms with Gasteiger partial charge in [0.2, 0.25) is 0 Å². The van der Waals surface area contributed by atoms with Gasteiger partial charge < -0.3 is 10.5 Å². The molecule has 0 fully saturated rings. The second-order valence-corrected chi connectivity index (χ2v) is 3.40. The average molecular weight is 281 g/mol. The Balaban J connectivity index is 2.96. The molecule has 0 bridgehead atoms. The third-order valence-corrected chi connectivity index (χ3v) is 1.67. The molecule has 0 aliphatic heterocycles. The fourth-order valence-corrected chi connectivity index (χ4v) is 1.05. The molecule has 0 amide bonds. The average Bonchev–Trinajstić information content (AvgIpc) is 2.18. The Morgan fingerprint density at radius 3 is 2.67 bits per heavy atom. The number of rotatable bonds is 3. The third kappa shape index (κ3) is 4.95. The van der Waals surface area contributed by atoms with Crippen LogP contribution in [0.5, 0.6) is 5.75 Å². The van der Waals surface area contributed by atoms with Crippen LogP contribution in [0.3, 0.4) is 0 Å². The number of hydrazone groups is 1. The van der Waals surface area contributed by atoms with Crippen molar-refractivity contribution >= 4 is 23.5 Å². The van der Waals surface area contributed by atoms with Crippen LogP contribution in [0, 0.1) is 5.82 Å². The van der Waals surface area contributed by atoms with Gasteiger partial charge in [0.1, 0.15) is 11.6 Å². The van der Waals surface area contributed by atoms with Crippen LogP contribution in [-0.4, -0.2) is 17.7 Å². The minimum atomic E-state index is -4.92. The highest BCUT2D eigenvalue weighted by atomic mass is 32.1. The summed E-state index contributed by atoms with van der Waals surface area (Å²) in [7, 11) is 0. The predicted molar refractivity (Wildman–Crippen MR) is 60.6 cm³/mol. The van der Waals surface area contributed by atoms with Gasteiger partial charge in [0, 0.05) is 11.6 Å². The lowest BCUT2D eigenvalue weighted by Gasteiger charge is -2.11. The molecule has 4 nitrogen and oxygen atoms in total. The summed E-state index contributed by atoms with van der Waals surface area (Å²) < 4.78 is 52.6. The summed E-state index contributed by atoms with van der Waals surface area (Å²) in [5.74, 6) is -1.58. The quantitative estimate of drug-likeness (QED) is 0.384. The number of hydrogen-bond acceptors (Lipinski definition) is 3. The SMILES string of the molecule is NC(=S)NN=Cc1ccc(F)cc1OC(F)(F)F. The fraction of sp³-hybridized carbons (Fsp3) is 0.111. The van der Waals surface area contributed by atoms with Crippen molar-refractivity contribution in [3.8, 4) is 5.75 Å². The van der Waals surface area contributed by atoms with Gasteiger partial charge in [0.15, 0.2) is 5.11 Å². The van der Waals surface area contributed by atoms with Crippen LogP contribution in [0.2, 0.25) is 0 Å². The first kappa shape index (κ1) is 14.2. The van der Waals surface area contributed by atoms with Crippen LogP contribution < -0.4 is 15.9 Å². The van der Waals surface area contributed by atoms with Gasteiger partial charge in [-0.1, -0.05) is 0 Å². The summed E-state index contributed by atoms with van der Waals surface area (Å²) in [4.78, 5) is 0. The summed E-state index contributed by atoms with van der Waals surface area (Å²) in [5, 5.41) is 3.29. The van der Waals surface area contributed by atoms with E-state index in [1.165, 1.54) is 0 Å². The standard InChI is InChI=1S/C9H7F4N3OS/c10-6-2-1-5(4-15-16-8(14)18)7(3-6)17-9(11,12)13/h1-4H,(H3,14,16,18). The maximum atomic E-state index is 12.8. The van der Waals surface area contributed by atoms with Crippen LogP contribution in [0.1, 0.15) is 5.56 Å². The molecule has 0 atom stereocenters. The van der Waals surface area contributed by atoms with Crippen molar-refractivity contribution in [3.05, 3.63) is 29.6 Å². The van der Waals surface area contributed by atoms with Crippen LogP contribution in [-0.2, 0) is 0 Å². The second-order valence-electron chi connectivity index (χ2n) is 2.96. The van der Waals surface area contributed by atoms with Crippen molar-refractivity contribution in [2.45, 2.75) is 6.36 Å². The molecule has 0 radical (unpaired) electrons. The Labute approximate surface area is 104 Å². The van der Waals surface area contributed by atoms with Crippen LogP contribution in [0.15, 0.2) is 23.3 Å². The minimum absolute atomic E-state index is 0.0857. The number of thiocarbonyl (C=S) groups is 1. The lowest BCUT2D eigenvalue weighted by Crippen LogP contribution is -2.24. The monoisotopic (exact) mass is 281 g/mol. The number of nitrogens with one attached hydrogen (secondary N) is 1. The molecule has 0 aliphatic carbocycles. The summed E-state index contributed by atoms with van der Waals surface area (Å²) in [6.45, 7) is 0. The first-order chi connectivity index (χ1) is 8.28. The Morgan fingerprint density at radius 1 is 1.44 bits per heavy atom. The van der Waals surface area contributed by atoms with Gasteiger partial charge in [-0.05, 0) is 24.4 Å². The molecule has 18 heavy (non-hydrogen) atoms. The van der Waals surface area contributed by atoms with Crippen molar-refractivity contribution in [1.82, 2.24) is 5.43 Å². The number of hydrogen-bond donors (Lipinski definition) is 2. The van der Waals surface area contributed by atoms with E-state index in [9.17, 15) is 17.6 Å². The van der Waals surface area contributed by atoms with E-state index >= 15 is 0 Å². The molecule has 0 heterocycles. The predicted octanol–water partition coefficient (Wildman–Crippen LogP) is 1.89. The zero-order chi connectivity index (χ0) is 13.8. The van der Waals surface area contributed by atoms with Gasteiger partial charge in [-0.3, -0.25) is 5.43 Å². The Kier molecular flexibility index (Phi) is 4.43. The summed E-state index contributed by atoms with van der Waals surface area (Å²) >= 11 is 4.43. The molecule has 1 aromatic carbocycles.